The zero-order chi connectivity index (χ0) is 13.2. The standard InChI is InChI=1S/C14H18ClN3O/c15-11-8-12-9(7-14(19)18-12)6-13(11)17-10-2-1-4-16-5-3-10/h6,8,10,16-17H,1-5,7H2,(H,18,19). The monoisotopic (exact) mass is 279 g/mol. The summed E-state index contributed by atoms with van der Waals surface area (Å²) in [7, 11) is 0. The van der Waals surface area contributed by atoms with Crippen molar-refractivity contribution in [2.75, 3.05) is 23.7 Å². The molecule has 1 unspecified atom stereocenters. The Bertz CT molecular complexity index is 496. The number of fused-ring (bicyclic) bond motifs is 1. The number of carbonyl (C=O) groups excluding carboxylic acids is 1. The highest BCUT2D eigenvalue weighted by Gasteiger charge is 2.20. The van der Waals surface area contributed by atoms with Gasteiger partial charge in [0.05, 0.1) is 17.1 Å². The van der Waals surface area contributed by atoms with Crippen LogP contribution in [0.3, 0.4) is 0 Å². The predicted molar refractivity (Wildman–Crippen MR) is 77.9 cm³/mol. The molecule has 1 aromatic rings. The van der Waals surface area contributed by atoms with Crippen molar-refractivity contribution in [1.29, 1.82) is 0 Å². The summed E-state index contributed by atoms with van der Waals surface area (Å²) in [6, 6.07) is 4.31. The first-order chi connectivity index (χ1) is 9.22. The van der Waals surface area contributed by atoms with Crippen molar-refractivity contribution in [3.05, 3.63) is 22.7 Å². The van der Waals surface area contributed by atoms with Gasteiger partial charge in [-0.05, 0) is 50.0 Å². The Balaban J connectivity index is 1.77. The summed E-state index contributed by atoms with van der Waals surface area (Å²) < 4.78 is 0. The maximum atomic E-state index is 11.4. The summed E-state index contributed by atoms with van der Waals surface area (Å²) in [5.74, 6) is 0.0434. The van der Waals surface area contributed by atoms with E-state index in [0.717, 1.165) is 42.9 Å². The van der Waals surface area contributed by atoms with Crippen molar-refractivity contribution in [3.8, 4) is 0 Å². The fourth-order valence-corrected chi connectivity index (χ4v) is 2.96. The molecular weight excluding hydrogens is 262 g/mol. The molecular formula is C14H18ClN3O. The molecule has 102 valence electrons. The first kappa shape index (κ1) is 12.8. The Labute approximate surface area is 117 Å². The molecule has 3 N–H and O–H groups in total. The third-order valence-corrected chi connectivity index (χ3v) is 4.07. The molecule has 5 heteroatoms. The highest BCUT2D eigenvalue weighted by molar-refractivity contribution is 6.33. The van der Waals surface area contributed by atoms with Crippen molar-refractivity contribution < 1.29 is 4.79 Å². The molecule has 0 spiro atoms. The maximum absolute atomic E-state index is 11.4. The average Bonchev–Trinajstić information content (AvgIpc) is 2.59. The summed E-state index contributed by atoms with van der Waals surface area (Å²) in [6.45, 7) is 2.13. The molecule has 1 amide bonds. The number of carbonyl (C=O) groups is 1. The van der Waals surface area contributed by atoms with Crippen molar-refractivity contribution in [3.63, 3.8) is 0 Å². The lowest BCUT2D eigenvalue weighted by molar-refractivity contribution is -0.115. The summed E-state index contributed by atoms with van der Waals surface area (Å²) in [4.78, 5) is 11.4. The van der Waals surface area contributed by atoms with Crippen molar-refractivity contribution >= 4 is 28.9 Å². The lowest BCUT2D eigenvalue weighted by atomic mass is 10.1. The molecule has 0 aromatic heterocycles. The second-order valence-corrected chi connectivity index (χ2v) is 5.64. The molecule has 0 aliphatic carbocycles. The molecule has 19 heavy (non-hydrogen) atoms. The summed E-state index contributed by atoms with van der Waals surface area (Å²) in [6.07, 6.45) is 3.88. The van der Waals surface area contributed by atoms with Crippen LogP contribution in [-0.2, 0) is 11.2 Å². The van der Waals surface area contributed by atoms with Crippen LogP contribution in [-0.4, -0.2) is 25.0 Å². The lowest BCUT2D eigenvalue weighted by Crippen LogP contribution is -2.21. The van der Waals surface area contributed by atoms with E-state index in [9.17, 15) is 4.79 Å². The van der Waals surface area contributed by atoms with Gasteiger partial charge in [-0.25, -0.2) is 0 Å². The highest BCUT2D eigenvalue weighted by Crippen LogP contribution is 2.33. The molecule has 1 atom stereocenters. The van der Waals surface area contributed by atoms with Gasteiger partial charge in [-0.3, -0.25) is 4.79 Å². The van der Waals surface area contributed by atoms with Crippen LogP contribution < -0.4 is 16.0 Å². The third kappa shape index (κ3) is 2.85. The largest absolute Gasteiger partial charge is 0.381 e. The van der Waals surface area contributed by atoms with Crippen molar-refractivity contribution in [2.45, 2.75) is 31.7 Å². The maximum Gasteiger partial charge on any atom is 0.228 e. The van der Waals surface area contributed by atoms with Gasteiger partial charge in [0.1, 0.15) is 0 Å². The van der Waals surface area contributed by atoms with Gasteiger partial charge < -0.3 is 16.0 Å². The van der Waals surface area contributed by atoms with Crippen molar-refractivity contribution in [2.24, 2.45) is 0 Å². The number of halogens is 1. The van der Waals surface area contributed by atoms with Gasteiger partial charge in [0.15, 0.2) is 0 Å². The molecule has 0 radical (unpaired) electrons. The number of amides is 1. The number of anilines is 2. The Hall–Kier alpha value is -1.26. The van der Waals surface area contributed by atoms with Crippen LogP contribution >= 0.6 is 11.6 Å². The van der Waals surface area contributed by atoms with E-state index in [1.807, 2.05) is 12.1 Å². The lowest BCUT2D eigenvalue weighted by Gasteiger charge is -2.19. The summed E-state index contributed by atoms with van der Waals surface area (Å²) in [5.41, 5.74) is 2.83. The zero-order valence-corrected chi connectivity index (χ0v) is 11.5. The fraction of sp³-hybridized carbons (Fsp3) is 0.500. The first-order valence-corrected chi connectivity index (χ1v) is 7.20. The van der Waals surface area contributed by atoms with Gasteiger partial charge in [-0.2, -0.15) is 0 Å². The molecule has 4 nitrogen and oxygen atoms in total. The van der Waals surface area contributed by atoms with Crippen LogP contribution in [0.25, 0.3) is 0 Å². The third-order valence-electron chi connectivity index (χ3n) is 3.75. The predicted octanol–water partition coefficient (Wildman–Crippen LogP) is 2.39. The molecule has 2 heterocycles. The minimum absolute atomic E-state index is 0.0434. The SMILES string of the molecule is O=C1Cc2cc(NC3CCCNCC3)c(Cl)cc2N1. The van der Waals surface area contributed by atoms with E-state index in [4.69, 9.17) is 11.6 Å². The van der Waals surface area contributed by atoms with Gasteiger partial charge in [0, 0.05) is 11.7 Å². The molecule has 1 aromatic carbocycles. The number of hydrogen-bond acceptors (Lipinski definition) is 3. The molecule has 3 rings (SSSR count). The van der Waals surface area contributed by atoms with Gasteiger partial charge >= 0.3 is 0 Å². The van der Waals surface area contributed by atoms with Crippen LogP contribution in [0, 0.1) is 0 Å². The molecule has 2 aliphatic rings. The Morgan fingerprint density at radius 2 is 2.16 bits per heavy atom. The number of nitrogens with one attached hydrogen (secondary N) is 3. The van der Waals surface area contributed by atoms with Crippen LogP contribution in [0.1, 0.15) is 24.8 Å². The average molecular weight is 280 g/mol. The van der Waals surface area contributed by atoms with E-state index >= 15 is 0 Å². The zero-order valence-electron chi connectivity index (χ0n) is 10.8. The smallest absolute Gasteiger partial charge is 0.228 e. The van der Waals surface area contributed by atoms with Crippen LogP contribution in [0.15, 0.2) is 12.1 Å². The number of benzene rings is 1. The van der Waals surface area contributed by atoms with Crippen LogP contribution in [0.4, 0.5) is 11.4 Å². The Morgan fingerprint density at radius 3 is 3.05 bits per heavy atom. The normalized spacial score (nSPS) is 22.6. The highest BCUT2D eigenvalue weighted by atomic mass is 35.5. The van der Waals surface area contributed by atoms with Gasteiger partial charge in [0.25, 0.3) is 0 Å². The second kappa shape index (κ2) is 5.39. The first-order valence-electron chi connectivity index (χ1n) is 6.82. The van der Waals surface area contributed by atoms with E-state index in [2.05, 4.69) is 16.0 Å². The summed E-state index contributed by atoms with van der Waals surface area (Å²) in [5, 5.41) is 10.4. The number of rotatable bonds is 2. The molecule has 0 bridgehead atoms. The van der Waals surface area contributed by atoms with Crippen molar-refractivity contribution in [1.82, 2.24) is 5.32 Å². The van der Waals surface area contributed by atoms with E-state index in [0.29, 0.717) is 17.5 Å². The quantitative estimate of drug-likeness (QED) is 0.779. The van der Waals surface area contributed by atoms with E-state index in [-0.39, 0.29) is 5.91 Å². The van der Waals surface area contributed by atoms with Gasteiger partial charge in [-0.15, -0.1) is 0 Å². The van der Waals surface area contributed by atoms with E-state index in [1.165, 1.54) is 6.42 Å². The van der Waals surface area contributed by atoms with E-state index < -0.39 is 0 Å². The minimum Gasteiger partial charge on any atom is -0.381 e. The topological polar surface area (TPSA) is 53.2 Å². The fourth-order valence-electron chi connectivity index (χ4n) is 2.74. The summed E-state index contributed by atoms with van der Waals surface area (Å²) >= 11 is 6.29. The minimum atomic E-state index is 0.0434. The Morgan fingerprint density at radius 1 is 1.26 bits per heavy atom. The molecule has 0 saturated carbocycles. The van der Waals surface area contributed by atoms with Gasteiger partial charge in [0.2, 0.25) is 5.91 Å². The van der Waals surface area contributed by atoms with Crippen LogP contribution in [0.5, 0.6) is 0 Å². The number of hydrogen-bond donors (Lipinski definition) is 3. The molecule has 2 aliphatic heterocycles. The second-order valence-electron chi connectivity index (χ2n) is 5.24. The Kier molecular flexibility index (Phi) is 3.62. The van der Waals surface area contributed by atoms with Crippen LogP contribution in [0.2, 0.25) is 5.02 Å². The molecule has 1 saturated heterocycles. The van der Waals surface area contributed by atoms with E-state index in [1.54, 1.807) is 0 Å². The van der Waals surface area contributed by atoms with Gasteiger partial charge in [-0.1, -0.05) is 11.6 Å². The molecule has 1 fully saturated rings.